The molecule has 0 aromatic heterocycles. The molecule has 0 aliphatic carbocycles. The minimum atomic E-state index is 0.103. The Labute approximate surface area is 75.4 Å². The Hall–Kier alpha value is -0.755. The van der Waals surface area contributed by atoms with Gasteiger partial charge in [-0.3, -0.25) is 0 Å². The van der Waals surface area contributed by atoms with Crippen LogP contribution < -0.4 is 11.2 Å². The van der Waals surface area contributed by atoms with Crippen LogP contribution in [0.2, 0.25) is 0 Å². The largest absolute Gasteiger partial charge is 0.330 e. The minimum Gasteiger partial charge on any atom is -0.330 e. The van der Waals surface area contributed by atoms with E-state index in [0.717, 1.165) is 0 Å². The van der Waals surface area contributed by atoms with E-state index in [9.17, 15) is 0 Å². The smallest absolute Gasteiger partial charge is 0.139 e. The highest BCUT2D eigenvalue weighted by atomic mass is 14.6. The first-order chi connectivity index (χ1) is 5.56. The maximum atomic E-state index is 5.69. The predicted molar refractivity (Wildman–Crippen MR) is 56.7 cm³/mol. The van der Waals surface area contributed by atoms with Gasteiger partial charge in [-0.15, -0.1) is 0 Å². The minimum absolute atomic E-state index is 0.103. The van der Waals surface area contributed by atoms with Crippen molar-refractivity contribution in [2.45, 2.75) is 19.3 Å². The van der Waals surface area contributed by atoms with Crippen molar-refractivity contribution >= 4 is 13.3 Å². The van der Waals surface area contributed by atoms with Crippen molar-refractivity contribution in [1.82, 2.24) is 0 Å². The highest BCUT2D eigenvalue weighted by Gasteiger charge is 2.17. The first-order valence-electron chi connectivity index (χ1n) is 4.33. The van der Waals surface area contributed by atoms with Crippen LogP contribution in [0, 0.1) is 0 Å². The van der Waals surface area contributed by atoms with Gasteiger partial charge in [-0.05, 0) is 5.56 Å². The summed E-state index contributed by atoms with van der Waals surface area (Å²) in [7, 11) is 2.11. The number of nitrogens with two attached hydrogens (primary N) is 1. The lowest BCUT2D eigenvalue weighted by atomic mass is 9.81. The number of benzene rings is 1. The Balaban J connectivity index is 3.03. The van der Waals surface area contributed by atoms with Gasteiger partial charge < -0.3 is 5.73 Å². The average molecular weight is 161 g/mol. The van der Waals surface area contributed by atoms with Crippen molar-refractivity contribution in [3.05, 3.63) is 29.8 Å². The molecule has 12 heavy (non-hydrogen) atoms. The third-order valence-electron chi connectivity index (χ3n) is 2.31. The van der Waals surface area contributed by atoms with Gasteiger partial charge in [0.05, 0.1) is 0 Å². The number of rotatable bonds is 2. The van der Waals surface area contributed by atoms with Gasteiger partial charge in [0.25, 0.3) is 0 Å². The lowest BCUT2D eigenvalue weighted by Gasteiger charge is -2.23. The van der Waals surface area contributed by atoms with E-state index < -0.39 is 0 Å². The van der Waals surface area contributed by atoms with Crippen LogP contribution in [0.25, 0.3) is 0 Å². The summed E-state index contributed by atoms with van der Waals surface area (Å²) in [4.78, 5) is 0. The summed E-state index contributed by atoms with van der Waals surface area (Å²) in [6.07, 6.45) is 0. The van der Waals surface area contributed by atoms with Crippen molar-refractivity contribution in [1.29, 1.82) is 0 Å². The number of hydrogen-bond acceptors (Lipinski definition) is 1. The Morgan fingerprint density at radius 2 is 2.08 bits per heavy atom. The van der Waals surface area contributed by atoms with E-state index in [2.05, 4.69) is 46.0 Å². The summed E-state index contributed by atoms with van der Waals surface area (Å²) in [6, 6.07) is 8.53. The zero-order chi connectivity index (χ0) is 9.19. The molecule has 2 heteroatoms. The quantitative estimate of drug-likeness (QED) is 0.615. The standard InChI is InChI=1S/C10H16BN/c1-10(2,7-12)8-4-3-5-9(11)6-8/h3-6H,7,11-12H2,1-2H3. The average Bonchev–Trinajstić information content (AvgIpc) is 2.05. The number of hydrogen-bond donors (Lipinski definition) is 1. The van der Waals surface area contributed by atoms with Gasteiger partial charge in [-0.1, -0.05) is 43.6 Å². The van der Waals surface area contributed by atoms with Crippen LogP contribution in [-0.4, -0.2) is 14.4 Å². The molecule has 0 spiro atoms. The van der Waals surface area contributed by atoms with Gasteiger partial charge in [0.2, 0.25) is 0 Å². The van der Waals surface area contributed by atoms with Crippen LogP contribution in [0.15, 0.2) is 24.3 Å². The van der Waals surface area contributed by atoms with Gasteiger partial charge in [-0.2, -0.15) is 0 Å². The maximum Gasteiger partial charge on any atom is 0.139 e. The fourth-order valence-electron chi connectivity index (χ4n) is 1.18. The maximum absolute atomic E-state index is 5.69. The van der Waals surface area contributed by atoms with Crippen molar-refractivity contribution in [3.63, 3.8) is 0 Å². The third-order valence-corrected chi connectivity index (χ3v) is 2.31. The van der Waals surface area contributed by atoms with E-state index in [1.54, 1.807) is 0 Å². The molecule has 2 N–H and O–H groups in total. The van der Waals surface area contributed by atoms with Crippen molar-refractivity contribution in [2.75, 3.05) is 6.54 Å². The molecule has 1 nitrogen and oxygen atoms in total. The van der Waals surface area contributed by atoms with E-state index in [4.69, 9.17) is 5.73 Å². The fraction of sp³-hybridized carbons (Fsp3) is 0.400. The third kappa shape index (κ3) is 1.89. The molecule has 0 heterocycles. The van der Waals surface area contributed by atoms with Crippen LogP contribution in [0.4, 0.5) is 0 Å². The second kappa shape index (κ2) is 3.32. The molecule has 0 aliphatic heterocycles. The second-order valence-electron chi connectivity index (χ2n) is 3.96. The molecule has 0 saturated heterocycles. The molecule has 0 unspecified atom stereocenters. The summed E-state index contributed by atoms with van der Waals surface area (Å²) in [5.41, 5.74) is 8.42. The molecule has 64 valence electrons. The topological polar surface area (TPSA) is 26.0 Å². The summed E-state index contributed by atoms with van der Waals surface area (Å²) >= 11 is 0. The normalized spacial score (nSPS) is 11.6. The summed E-state index contributed by atoms with van der Waals surface area (Å²) in [5, 5.41) is 0. The predicted octanol–water partition coefficient (Wildman–Crippen LogP) is 0.181. The Bertz CT molecular complexity index is 268. The van der Waals surface area contributed by atoms with E-state index in [1.807, 2.05) is 0 Å². The molecular formula is C10H16BN. The second-order valence-corrected chi connectivity index (χ2v) is 3.96. The van der Waals surface area contributed by atoms with Crippen LogP contribution >= 0.6 is 0 Å². The van der Waals surface area contributed by atoms with Gasteiger partial charge >= 0.3 is 0 Å². The van der Waals surface area contributed by atoms with Crippen molar-refractivity contribution in [2.24, 2.45) is 5.73 Å². The van der Waals surface area contributed by atoms with Crippen molar-refractivity contribution in [3.8, 4) is 0 Å². The van der Waals surface area contributed by atoms with E-state index in [-0.39, 0.29) is 5.41 Å². The summed E-state index contributed by atoms with van der Waals surface area (Å²) in [5.74, 6) is 0. The SMILES string of the molecule is Bc1cccc(C(C)(C)CN)c1. The molecule has 1 rings (SSSR count). The zero-order valence-electron chi connectivity index (χ0n) is 8.09. The van der Waals surface area contributed by atoms with E-state index in [0.29, 0.717) is 6.54 Å². The van der Waals surface area contributed by atoms with Crippen LogP contribution in [0.3, 0.4) is 0 Å². The molecule has 0 atom stereocenters. The molecule has 0 fully saturated rings. The highest BCUT2D eigenvalue weighted by Crippen LogP contribution is 2.19. The molecule has 0 amide bonds. The lowest BCUT2D eigenvalue weighted by molar-refractivity contribution is 0.539. The summed E-state index contributed by atoms with van der Waals surface area (Å²) < 4.78 is 0. The lowest BCUT2D eigenvalue weighted by Crippen LogP contribution is -2.29. The van der Waals surface area contributed by atoms with E-state index >= 15 is 0 Å². The molecule has 1 aromatic carbocycles. The monoisotopic (exact) mass is 161 g/mol. The van der Waals surface area contributed by atoms with Gasteiger partial charge in [0.15, 0.2) is 0 Å². The van der Waals surface area contributed by atoms with E-state index in [1.165, 1.54) is 11.0 Å². The highest BCUT2D eigenvalue weighted by molar-refractivity contribution is 6.32. The Kier molecular flexibility index (Phi) is 2.58. The Morgan fingerprint density at radius 3 is 2.58 bits per heavy atom. The fourth-order valence-corrected chi connectivity index (χ4v) is 1.18. The van der Waals surface area contributed by atoms with Crippen LogP contribution in [0.5, 0.6) is 0 Å². The molecule has 0 bridgehead atoms. The Morgan fingerprint density at radius 1 is 1.42 bits per heavy atom. The molecule has 1 aromatic rings. The van der Waals surface area contributed by atoms with Crippen LogP contribution in [0.1, 0.15) is 19.4 Å². The van der Waals surface area contributed by atoms with Crippen molar-refractivity contribution < 1.29 is 0 Å². The first kappa shape index (κ1) is 9.33. The first-order valence-corrected chi connectivity index (χ1v) is 4.33. The van der Waals surface area contributed by atoms with Gasteiger partial charge in [0, 0.05) is 12.0 Å². The molecule has 0 radical (unpaired) electrons. The van der Waals surface area contributed by atoms with Gasteiger partial charge in [0.1, 0.15) is 7.85 Å². The molecule has 0 saturated carbocycles. The zero-order valence-corrected chi connectivity index (χ0v) is 8.09. The molecule has 0 aliphatic rings. The van der Waals surface area contributed by atoms with Gasteiger partial charge in [-0.25, -0.2) is 0 Å². The van der Waals surface area contributed by atoms with Crippen LogP contribution in [-0.2, 0) is 5.41 Å². The summed E-state index contributed by atoms with van der Waals surface area (Å²) in [6.45, 7) is 5.03. The molecular weight excluding hydrogens is 145 g/mol.